The molecular weight excluding hydrogens is 124 g/mol. The Morgan fingerprint density at radius 2 is 2.00 bits per heavy atom. The van der Waals surface area contributed by atoms with E-state index in [1.807, 2.05) is 0 Å². The summed E-state index contributed by atoms with van der Waals surface area (Å²) in [5.74, 6) is -0.528. The maximum atomic E-state index is 10.4. The highest BCUT2D eigenvalue weighted by molar-refractivity contribution is 5.82. The van der Waals surface area contributed by atoms with Gasteiger partial charge in [-0.3, -0.25) is 4.79 Å². The lowest BCUT2D eigenvalue weighted by Crippen LogP contribution is -2.24. The maximum Gasteiger partial charge on any atom is 0.165 e. The number of hydrogen-bond acceptors (Lipinski definition) is 4. The lowest BCUT2D eigenvalue weighted by molar-refractivity contribution is -0.129. The molecule has 0 aliphatic carbocycles. The zero-order chi connectivity index (χ0) is 7.28. The van der Waals surface area contributed by atoms with Gasteiger partial charge in [0, 0.05) is 6.42 Å². The van der Waals surface area contributed by atoms with Crippen LogP contribution < -0.4 is 0 Å². The Morgan fingerprint density at radius 1 is 1.44 bits per heavy atom. The fraction of sp³-hybridized carbons (Fsp3) is 0.800. The Labute approximate surface area is 52.7 Å². The molecule has 4 nitrogen and oxygen atoms in total. The van der Waals surface area contributed by atoms with E-state index in [0.717, 1.165) is 0 Å². The van der Waals surface area contributed by atoms with E-state index in [1.165, 1.54) is 0 Å². The molecule has 3 N–H and O–H groups in total. The molecule has 0 aromatic rings. The topological polar surface area (TPSA) is 77.8 Å². The molecule has 9 heavy (non-hydrogen) atoms. The predicted octanol–water partition coefficient (Wildman–Crippen LogP) is -1.71. The first kappa shape index (κ1) is 8.55. The van der Waals surface area contributed by atoms with Crippen molar-refractivity contribution in [2.45, 2.75) is 12.5 Å². The van der Waals surface area contributed by atoms with E-state index in [1.54, 1.807) is 0 Å². The van der Waals surface area contributed by atoms with Crippen LogP contribution in [0.2, 0.25) is 0 Å². The quantitative estimate of drug-likeness (QED) is 0.428. The summed E-state index contributed by atoms with van der Waals surface area (Å²) in [5.41, 5.74) is 0. The number of aliphatic hydroxyl groups excluding tert-OH is 3. The fourth-order valence-corrected chi connectivity index (χ4v) is 0.379. The van der Waals surface area contributed by atoms with Crippen LogP contribution in [0.25, 0.3) is 0 Å². The highest BCUT2D eigenvalue weighted by atomic mass is 16.3. The smallest absolute Gasteiger partial charge is 0.165 e. The van der Waals surface area contributed by atoms with Crippen LogP contribution in [0.15, 0.2) is 0 Å². The summed E-state index contributed by atoms with van der Waals surface area (Å²) in [7, 11) is 0. The molecule has 1 unspecified atom stereocenters. The number of hydrogen-bond donors (Lipinski definition) is 3. The normalized spacial score (nSPS) is 13.2. The summed E-state index contributed by atoms with van der Waals surface area (Å²) in [5, 5.41) is 24.9. The van der Waals surface area contributed by atoms with E-state index in [-0.39, 0.29) is 13.0 Å². The van der Waals surface area contributed by atoms with Gasteiger partial charge >= 0.3 is 0 Å². The molecule has 0 aromatic carbocycles. The maximum absolute atomic E-state index is 10.4. The van der Waals surface area contributed by atoms with Gasteiger partial charge in [0.2, 0.25) is 0 Å². The van der Waals surface area contributed by atoms with Crippen molar-refractivity contribution in [1.29, 1.82) is 0 Å². The van der Waals surface area contributed by atoms with Crippen molar-refractivity contribution in [2.75, 3.05) is 13.2 Å². The first-order chi connectivity index (χ1) is 4.22. The second kappa shape index (κ2) is 4.43. The Hall–Kier alpha value is -0.450. The minimum Gasteiger partial charge on any atom is -0.396 e. The number of aliphatic hydroxyl groups is 3. The van der Waals surface area contributed by atoms with Crippen LogP contribution in [-0.2, 0) is 4.79 Å². The van der Waals surface area contributed by atoms with Gasteiger partial charge in [-0.05, 0) is 0 Å². The van der Waals surface area contributed by atoms with Gasteiger partial charge in [-0.15, -0.1) is 0 Å². The minimum atomic E-state index is -1.32. The summed E-state index contributed by atoms with van der Waals surface area (Å²) >= 11 is 0. The van der Waals surface area contributed by atoms with Gasteiger partial charge in [-0.1, -0.05) is 0 Å². The standard InChI is InChI=1S/C5H10O4/c6-2-1-4(8)5(9)3-7/h5-7,9H,1-3H2. The molecule has 54 valence electrons. The van der Waals surface area contributed by atoms with Crippen LogP contribution in [-0.4, -0.2) is 40.4 Å². The van der Waals surface area contributed by atoms with Crippen molar-refractivity contribution < 1.29 is 20.1 Å². The summed E-state index contributed by atoms with van der Waals surface area (Å²) < 4.78 is 0. The third kappa shape index (κ3) is 3.18. The SMILES string of the molecule is O=C(CCO)C(O)CO. The van der Waals surface area contributed by atoms with Crippen LogP contribution in [0.4, 0.5) is 0 Å². The van der Waals surface area contributed by atoms with Gasteiger partial charge in [0.1, 0.15) is 6.10 Å². The third-order valence-corrected chi connectivity index (χ3v) is 0.903. The fourth-order valence-electron chi connectivity index (χ4n) is 0.379. The van der Waals surface area contributed by atoms with Gasteiger partial charge in [0.05, 0.1) is 13.2 Å². The highest BCUT2D eigenvalue weighted by Gasteiger charge is 2.11. The number of Topliss-reactive ketones (excluding diaryl/α,β-unsaturated/α-hetero) is 1. The van der Waals surface area contributed by atoms with E-state index >= 15 is 0 Å². The summed E-state index contributed by atoms with van der Waals surface area (Å²) in [6.45, 7) is -0.852. The third-order valence-electron chi connectivity index (χ3n) is 0.903. The number of carbonyl (C=O) groups is 1. The lowest BCUT2D eigenvalue weighted by atomic mass is 10.2. The Bertz CT molecular complexity index is 91.0. The lowest BCUT2D eigenvalue weighted by Gasteiger charge is -2.02. The van der Waals surface area contributed by atoms with Gasteiger partial charge in [0.25, 0.3) is 0 Å². The van der Waals surface area contributed by atoms with E-state index in [9.17, 15) is 4.79 Å². The van der Waals surface area contributed by atoms with Crippen LogP contribution >= 0.6 is 0 Å². The van der Waals surface area contributed by atoms with Crippen LogP contribution in [0, 0.1) is 0 Å². The Balaban J connectivity index is 3.46. The summed E-state index contributed by atoms with van der Waals surface area (Å²) in [6, 6.07) is 0. The molecule has 0 radical (unpaired) electrons. The van der Waals surface area contributed by atoms with E-state index < -0.39 is 18.5 Å². The van der Waals surface area contributed by atoms with Crippen molar-refractivity contribution in [2.24, 2.45) is 0 Å². The van der Waals surface area contributed by atoms with Crippen molar-refractivity contribution >= 4 is 5.78 Å². The minimum absolute atomic E-state index is 0.0955. The molecule has 0 aliphatic heterocycles. The number of ketones is 1. The first-order valence-corrected chi connectivity index (χ1v) is 2.65. The molecule has 0 saturated carbocycles. The van der Waals surface area contributed by atoms with E-state index in [2.05, 4.69) is 0 Å². The average molecular weight is 134 g/mol. The number of carbonyl (C=O) groups excluding carboxylic acids is 1. The second-order valence-corrected chi connectivity index (χ2v) is 1.64. The average Bonchev–Trinajstić information content (AvgIpc) is 1.87. The van der Waals surface area contributed by atoms with Gasteiger partial charge in [-0.2, -0.15) is 0 Å². The van der Waals surface area contributed by atoms with Crippen molar-refractivity contribution in [3.8, 4) is 0 Å². The van der Waals surface area contributed by atoms with Gasteiger partial charge in [-0.25, -0.2) is 0 Å². The molecule has 0 spiro atoms. The molecule has 0 amide bonds. The molecule has 0 aliphatic rings. The molecular formula is C5H10O4. The zero-order valence-corrected chi connectivity index (χ0v) is 4.95. The largest absolute Gasteiger partial charge is 0.396 e. The molecule has 0 aromatic heterocycles. The molecule has 0 saturated heterocycles. The molecule has 0 fully saturated rings. The first-order valence-electron chi connectivity index (χ1n) is 2.65. The molecule has 4 heteroatoms. The summed E-state index contributed by atoms with van der Waals surface area (Å²) in [6.07, 6.45) is -1.42. The van der Waals surface area contributed by atoms with Crippen molar-refractivity contribution in [3.05, 3.63) is 0 Å². The van der Waals surface area contributed by atoms with Crippen molar-refractivity contribution in [3.63, 3.8) is 0 Å². The van der Waals surface area contributed by atoms with E-state index in [0.29, 0.717) is 0 Å². The Kier molecular flexibility index (Phi) is 4.21. The zero-order valence-electron chi connectivity index (χ0n) is 4.95. The molecule has 0 bridgehead atoms. The van der Waals surface area contributed by atoms with Crippen LogP contribution in [0.5, 0.6) is 0 Å². The van der Waals surface area contributed by atoms with Crippen molar-refractivity contribution in [1.82, 2.24) is 0 Å². The monoisotopic (exact) mass is 134 g/mol. The van der Waals surface area contributed by atoms with Crippen LogP contribution in [0.3, 0.4) is 0 Å². The van der Waals surface area contributed by atoms with Gasteiger partial charge < -0.3 is 15.3 Å². The number of rotatable bonds is 4. The summed E-state index contributed by atoms with van der Waals surface area (Å²) in [4.78, 5) is 10.4. The molecule has 0 rings (SSSR count). The second-order valence-electron chi connectivity index (χ2n) is 1.64. The van der Waals surface area contributed by atoms with E-state index in [4.69, 9.17) is 15.3 Å². The molecule has 1 atom stereocenters. The highest BCUT2D eigenvalue weighted by Crippen LogP contribution is 1.88. The Morgan fingerprint density at radius 3 is 2.33 bits per heavy atom. The van der Waals surface area contributed by atoms with Gasteiger partial charge in [0.15, 0.2) is 5.78 Å². The molecule has 0 heterocycles. The predicted molar refractivity (Wildman–Crippen MR) is 29.8 cm³/mol. The van der Waals surface area contributed by atoms with Crippen LogP contribution in [0.1, 0.15) is 6.42 Å².